The number of hydrogen-bond donors (Lipinski definition) is 1. The molecule has 1 unspecified atom stereocenters. The van der Waals surface area contributed by atoms with Crippen LogP contribution in [0.25, 0.3) is 0 Å². The highest BCUT2D eigenvalue weighted by Gasteiger charge is 2.42. The molecule has 7 heteroatoms. The molecule has 5 nitrogen and oxygen atoms in total. The van der Waals surface area contributed by atoms with Crippen LogP contribution in [0.1, 0.15) is 18.4 Å². The summed E-state index contributed by atoms with van der Waals surface area (Å²) in [6.07, 6.45) is 1.91. The van der Waals surface area contributed by atoms with Crippen molar-refractivity contribution < 1.29 is 14.8 Å². The molecule has 1 atom stereocenters. The van der Waals surface area contributed by atoms with Gasteiger partial charge in [-0.3, -0.25) is 14.9 Å². The summed E-state index contributed by atoms with van der Waals surface area (Å²) in [5, 5.41) is 20.1. The first-order valence-electron chi connectivity index (χ1n) is 5.75. The van der Waals surface area contributed by atoms with Crippen molar-refractivity contribution in [2.75, 3.05) is 5.75 Å². The van der Waals surface area contributed by atoms with E-state index in [0.29, 0.717) is 17.3 Å². The van der Waals surface area contributed by atoms with E-state index < -0.39 is 15.6 Å². The van der Waals surface area contributed by atoms with Gasteiger partial charge in [0.2, 0.25) is 0 Å². The largest absolute Gasteiger partial charge is 0.480 e. The van der Waals surface area contributed by atoms with Crippen LogP contribution in [0.2, 0.25) is 0 Å². The maximum atomic E-state index is 11.5. The average Bonchev–Trinajstić information content (AvgIpc) is 2.81. The van der Waals surface area contributed by atoms with Gasteiger partial charge in [-0.2, -0.15) is 0 Å². The van der Waals surface area contributed by atoms with E-state index in [1.165, 1.54) is 23.9 Å². The van der Waals surface area contributed by atoms with Gasteiger partial charge in [0.15, 0.2) is 0 Å². The molecule has 1 fully saturated rings. The molecule has 0 amide bonds. The van der Waals surface area contributed by atoms with E-state index in [1.807, 2.05) is 0 Å². The molecule has 1 aliphatic heterocycles. The van der Waals surface area contributed by atoms with Crippen LogP contribution in [0, 0.1) is 10.1 Å². The van der Waals surface area contributed by atoms with Crippen LogP contribution in [0.15, 0.2) is 22.7 Å². The third kappa shape index (κ3) is 2.92. The molecule has 102 valence electrons. The van der Waals surface area contributed by atoms with Crippen LogP contribution in [-0.2, 0) is 11.2 Å². The lowest BCUT2D eigenvalue weighted by Crippen LogP contribution is -2.34. The second-order valence-electron chi connectivity index (χ2n) is 4.46. The van der Waals surface area contributed by atoms with Crippen LogP contribution >= 0.6 is 27.7 Å². The highest BCUT2D eigenvalue weighted by atomic mass is 79.9. The first-order chi connectivity index (χ1) is 8.94. The van der Waals surface area contributed by atoms with E-state index >= 15 is 0 Å². The molecule has 1 aliphatic rings. The lowest BCUT2D eigenvalue weighted by atomic mass is 9.94. The number of aliphatic carboxylic acids is 1. The fraction of sp³-hybridized carbons (Fsp3) is 0.417. The molecule has 0 aliphatic carbocycles. The van der Waals surface area contributed by atoms with Crippen LogP contribution in [0.3, 0.4) is 0 Å². The second-order valence-corrected chi connectivity index (χ2v) is 6.79. The van der Waals surface area contributed by atoms with Crippen molar-refractivity contribution >= 4 is 39.3 Å². The Morgan fingerprint density at radius 3 is 2.79 bits per heavy atom. The molecule has 0 radical (unpaired) electrons. The summed E-state index contributed by atoms with van der Waals surface area (Å²) in [6, 6.07) is 4.46. The molecule has 1 N–H and O–H groups in total. The Labute approximate surface area is 122 Å². The molecule has 1 heterocycles. The Bertz CT molecular complexity index is 528. The van der Waals surface area contributed by atoms with Gasteiger partial charge < -0.3 is 5.11 Å². The Morgan fingerprint density at radius 2 is 2.32 bits per heavy atom. The number of hydrogen-bond acceptors (Lipinski definition) is 4. The van der Waals surface area contributed by atoms with Crippen molar-refractivity contribution in [1.82, 2.24) is 0 Å². The Balaban J connectivity index is 2.28. The number of thioether (sulfide) groups is 1. The molecule has 0 bridgehead atoms. The van der Waals surface area contributed by atoms with Crippen LogP contribution in [0.5, 0.6) is 0 Å². The van der Waals surface area contributed by atoms with Gasteiger partial charge in [-0.05, 0) is 30.6 Å². The number of halogens is 1. The van der Waals surface area contributed by atoms with Crippen molar-refractivity contribution in [3.63, 3.8) is 0 Å². The third-order valence-corrected chi connectivity index (χ3v) is 5.52. The van der Waals surface area contributed by atoms with Gasteiger partial charge in [-0.25, -0.2) is 0 Å². The summed E-state index contributed by atoms with van der Waals surface area (Å²) in [5.41, 5.74) is 0.793. The lowest BCUT2D eigenvalue weighted by molar-refractivity contribution is -0.384. The van der Waals surface area contributed by atoms with Gasteiger partial charge >= 0.3 is 5.97 Å². The molecule has 1 aromatic rings. The molecule has 19 heavy (non-hydrogen) atoms. The molecule has 0 aromatic heterocycles. The minimum absolute atomic E-state index is 0.000856. The van der Waals surface area contributed by atoms with Crippen LogP contribution in [-0.4, -0.2) is 26.5 Å². The molecule has 2 rings (SSSR count). The van der Waals surface area contributed by atoms with Crippen molar-refractivity contribution in [3.8, 4) is 0 Å². The molecule has 0 spiro atoms. The number of rotatable bonds is 4. The lowest BCUT2D eigenvalue weighted by Gasteiger charge is -2.23. The molecule has 0 saturated carbocycles. The van der Waals surface area contributed by atoms with Crippen molar-refractivity contribution in [2.45, 2.75) is 24.0 Å². The predicted molar refractivity (Wildman–Crippen MR) is 76.6 cm³/mol. The fourth-order valence-corrected chi connectivity index (χ4v) is 4.04. The Kier molecular flexibility index (Phi) is 4.15. The molecule has 1 saturated heterocycles. The Hall–Kier alpha value is -1.08. The molecular formula is C12H12BrNO4S. The van der Waals surface area contributed by atoms with E-state index in [2.05, 4.69) is 15.9 Å². The van der Waals surface area contributed by atoms with Gasteiger partial charge in [0, 0.05) is 16.6 Å². The first kappa shape index (κ1) is 14.3. The number of nitrogens with zero attached hydrogens (tertiary/aromatic N) is 1. The number of carboxylic acids is 1. The predicted octanol–water partition coefficient (Wildman–Crippen LogP) is 3.25. The van der Waals surface area contributed by atoms with E-state index in [0.717, 1.165) is 17.7 Å². The Morgan fingerprint density at radius 1 is 1.58 bits per heavy atom. The molecular weight excluding hydrogens is 334 g/mol. The average molecular weight is 346 g/mol. The number of carbonyl (C=O) groups is 1. The smallest absolute Gasteiger partial charge is 0.320 e. The zero-order chi connectivity index (χ0) is 14.0. The normalized spacial score (nSPS) is 22.4. The van der Waals surface area contributed by atoms with Gasteiger partial charge in [0.25, 0.3) is 5.69 Å². The van der Waals surface area contributed by atoms with Gasteiger partial charge in [0.1, 0.15) is 4.75 Å². The maximum Gasteiger partial charge on any atom is 0.320 e. The summed E-state index contributed by atoms with van der Waals surface area (Å²) in [4.78, 5) is 21.7. The number of nitro benzene ring substituents is 1. The quantitative estimate of drug-likeness (QED) is 0.669. The number of nitro groups is 1. The minimum Gasteiger partial charge on any atom is -0.480 e. The van der Waals surface area contributed by atoms with Crippen LogP contribution < -0.4 is 0 Å². The van der Waals surface area contributed by atoms with Gasteiger partial charge in [-0.15, -0.1) is 11.8 Å². The second kappa shape index (κ2) is 5.50. The first-order valence-corrected chi connectivity index (χ1v) is 7.53. The highest BCUT2D eigenvalue weighted by Crippen LogP contribution is 2.42. The van der Waals surface area contributed by atoms with E-state index in [1.54, 1.807) is 6.07 Å². The summed E-state index contributed by atoms with van der Waals surface area (Å²) in [7, 11) is 0. The monoisotopic (exact) mass is 345 g/mol. The zero-order valence-corrected chi connectivity index (χ0v) is 12.4. The number of carboxylic acid groups (broad SMARTS) is 1. The summed E-state index contributed by atoms with van der Waals surface area (Å²) >= 11 is 4.75. The van der Waals surface area contributed by atoms with Gasteiger partial charge in [-0.1, -0.05) is 22.0 Å². The topological polar surface area (TPSA) is 80.4 Å². The summed E-state index contributed by atoms with van der Waals surface area (Å²) in [5.74, 6) is 0.0388. The SMILES string of the molecule is O=C(O)C1(Cc2ccc([N+](=O)[O-])cc2Br)CCCS1. The zero-order valence-electron chi connectivity index (χ0n) is 9.97. The van der Waals surface area contributed by atoms with Crippen molar-refractivity contribution in [1.29, 1.82) is 0 Å². The summed E-state index contributed by atoms with van der Waals surface area (Å²) < 4.78 is -0.201. The van der Waals surface area contributed by atoms with Crippen molar-refractivity contribution in [2.24, 2.45) is 0 Å². The highest BCUT2D eigenvalue weighted by molar-refractivity contribution is 9.10. The maximum absolute atomic E-state index is 11.5. The van der Waals surface area contributed by atoms with Crippen LogP contribution in [0.4, 0.5) is 5.69 Å². The fourth-order valence-electron chi connectivity index (χ4n) is 2.18. The molecule has 1 aromatic carbocycles. The number of non-ortho nitro benzene ring substituents is 1. The van der Waals surface area contributed by atoms with E-state index in [9.17, 15) is 20.0 Å². The minimum atomic E-state index is -0.805. The van der Waals surface area contributed by atoms with E-state index in [-0.39, 0.29) is 5.69 Å². The number of benzene rings is 1. The standard InChI is InChI=1S/C12H12BrNO4S/c13-10-6-9(14(17)18)3-2-8(10)7-12(11(15)16)4-1-5-19-12/h2-3,6H,1,4-5,7H2,(H,15,16). The third-order valence-electron chi connectivity index (χ3n) is 3.22. The summed E-state index contributed by atoms with van der Waals surface area (Å²) in [6.45, 7) is 0. The van der Waals surface area contributed by atoms with Gasteiger partial charge in [0.05, 0.1) is 4.92 Å². The van der Waals surface area contributed by atoms with E-state index in [4.69, 9.17) is 0 Å². The van der Waals surface area contributed by atoms with Crippen molar-refractivity contribution in [3.05, 3.63) is 38.3 Å².